The van der Waals surface area contributed by atoms with E-state index in [1.54, 1.807) is 0 Å². The van der Waals surface area contributed by atoms with Crippen molar-refractivity contribution < 1.29 is 9.53 Å². The number of rotatable bonds is 2. The van der Waals surface area contributed by atoms with Gasteiger partial charge in [-0.15, -0.1) is 0 Å². The number of carbonyl (C=O) groups is 1. The van der Waals surface area contributed by atoms with Gasteiger partial charge in [0.2, 0.25) is 0 Å². The summed E-state index contributed by atoms with van der Waals surface area (Å²) in [5.41, 5.74) is -0.224. The third-order valence-corrected chi connectivity index (χ3v) is 6.24. The molecule has 0 aromatic heterocycles. The fourth-order valence-corrected chi connectivity index (χ4v) is 4.06. The van der Waals surface area contributed by atoms with Gasteiger partial charge >= 0.3 is 5.97 Å². The summed E-state index contributed by atoms with van der Waals surface area (Å²) in [6.45, 7) is 15.2. The second-order valence-corrected chi connectivity index (χ2v) is 8.36. The highest BCUT2D eigenvalue weighted by Crippen LogP contribution is 2.61. The lowest BCUT2D eigenvalue weighted by atomic mass is 9.67. The monoisotopic (exact) mass is 266 g/mol. The van der Waals surface area contributed by atoms with Gasteiger partial charge in [-0.25, -0.2) is 0 Å². The molecule has 19 heavy (non-hydrogen) atoms. The summed E-state index contributed by atoms with van der Waals surface area (Å²) in [7, 11) is 0. The van der Waals surface area contributed by atoms with E-state index in [2.05, 4.69) is 41.5 Å². The molecule has 2 heteroatoms. The SMILES string of the molecule is CC1C2CC(C1C)C(C)(C(=O)OC(C)C(C)(C)C)C2. The Hall–Kier alpha value is -0.530. The second kappa shape index (κ2) is 4.49. The molecule has 2 aliphatic rings. The van der Waals surface area contributed by atoms with Crippen LogP contribution in [0.5, 0.6) is 0 Å². The topological polar surface area (TPSA) is 26.3 Å². The molecule has 2 fully saturated rings. The van der Waals surface area contributed by atoms with Crippen LogP contribution >= 0.6 is 0 Å². The smallest absolute Gasteiger partial charge is 0.312 e. The summed E-state index contributed by atoms with van der Waals surface area (Å²) in [5, 5.41) is 0. The van der Waals surface area contributed by atoms with Gasteiger partial charge in [0.25, 0.3) is 0 Å². The maximum atomic E-state index is 12.6. The number of hydrogen-bond donors (Lipinski definition) is 0. The lowest BCUT2D eigenvalue weighted by Gasteiger charge is -2.40. The Morgan fingerprint density at radius 3 is 2.26 bits per heavy atom. The van der Waals surface area contributed by atoms with E-state index in [1.807, 2.05) is 6.92 Å². The minimum atomic E-state index is -0.240. The van der Waals surface area contributed by atoms with Crippen molar-refractivity contribution in [2.75, 3.05) is 0 Å². The van der Waals surface area contributed by atoms with Gasteiger partial charge in [0.15, 0.2) is 0 Å². The van der Waals surface area contributed by atoms with Gasteiger partial charge in [-0.1, -0.05) is 34.6 Å². The molecule has 0 radical (unpaired) electrons. The molecule has 2 nitrogen and oxygen atoms in total. The highest BCUT2D eigenvalue weighted by molar-refractivity contribution is 5.78. The molecule has 0 spiro atoms. The molecule has 2 bridgehead atoms. The lowest BCUT2D eigenvalue weighted by Crippen LogP contribution is -2.43. The standard InChI is InChI=1S/C17H30O2/c1-10-11(2)14-8-13(10)9-17(14,7)15(18)19-12(3)16(4,5)6/h10-14H,8-9H2,1-7H3. The van der Waals surface area contributed by atoms with Crippen LogP contribution in [0.4, 0.5) is 0 Å². The van der Waals surface area contributed by atoms with Crippen LogP contribution in [0.15, 0.2) is 0 Å². The van der Waals surface area contributed by atoms with Crippen molar-refractivity contribution in [3.05, 3.63) is 0 Å². The van der Waals surface area contributed by atoms with Crippen LogP contribution in [0.2, 0.25) is 0 Å². The Balaban J connectivity index is 2.09. The molecule has 0 N–H and O–H groups in total. The Labute approximate surface area is 118 Å². The van der Waals surface area contributed by atoms with Crippen molar-refractivity contribution in [1.29, 1.82) is 0 Å². The molecular formula is C17H30O2. The van der Waals surface area contributed by atoms with Crippen LogP contribution in [0.3, 0.4) is 0 Å². The molecule has 0 saturated heterocycles. The highest BCUT2D eigenvalue weighted by Gasteiger charge is 2.59. The van der Waals surface area contributed by atoms with Crippen LogP contribution in [-0.4, -0.2) is 12.1 Å². The summed E-state index contributed by atoms with van der Waals surface area (Å²) in [6.07, 6.45) is 2.22. The van der Waals surface area contributed by atoms with Crippen LogP contribution in [-0.2, 0) is 9.53 Å². The molecule has 6 atom stereocenters. The zero-order chi connectivity index (χ0) is 14.6. The van der Waals surface area contributed by atoms with E-state index < -0.39 is 0 Å². The van der Waals surface area contributed by atoms with Gasteiger partial charge in [0.05, 0.1) is 5.41 Å². The van der Waals surface area contributed by atoms with Gasteiger partial charge in [0.1, 0.15) is 6.10 Å². The van der Waals surface area contributed by atoms with E-state index in [-0.39, 0.29) is 22.9 Å². The third kappa shape index (κ3) is 2.32. The molecule has 0 aliphatic heterocycles. The Morgan fingerprint density at radius 1 is 1.26 bits per heavy atom. The van der Waals surface area contributed by atoms with E-state index in [0.717, 1.165) is 18.3 Å². The normalized spacial score (nSPS) is 43.3. The zero-order valence-electron chi connectivity index (χ0n) is 13.6. The minimum absolute atomic E-state index is 0.0164. The molecule has 2 rings (SSSR count). The van der Waals surface area contributed by atoms with E-state index in [4.69, 9.17) is 4.74 Å². The van der Waals surface area contributed by atoms with Gasteiger partial charge in [-0.3, -0.25) is 4.79 Å². The molecule has 0 aromatic carbocycles. The van der Waals surface area contributed by atoms with Crippen molar-refractivity contribution in [2.45, 2.75) is 67.4 Å². The number of carbonyl (C=O) groups excluding carboxylic acids is 1. The molecule has 2 saturated carbocycles. The summed E-state index contributed by atoms with van der Waals surface area (Å²) >= 11 is 0. The highest BCUT2D eigenvalue weighted by atomic mass is 16.5. The lowest BCUT2D eigenvalue weighted by molar-refractivity contribution is -0.170. The predicted octanol–water partition coefficient (Wildman–Crippen LogP) is 4.28. The van der Waals surface area contributed by atoms with Crippen molar-refractivity contribution in [2.24, 2.45) is 34.5 Å². The minimum Gasteiger partial charge on any atom is -0.462 e. The van der Waals surface area contributed by atoms with E-state index >= 15 is 0 Å². The molecule has 2 aliphatic carbocycles. The first-order valence-corrected chi connectivity index (χ1v) is 7.78. The fourth-order valence-electron chi connectivity index (χ4n) is 4.06. The van der Waals surface area contributed by atoms with Gasteiger partial charge in [-0.05, 0) is 55.8 Å². The first kappa shape index (κ1) is 14.9. The summed E-state index contributed by atoms with van der Waals surface area (Å²) < 4.78 is 5.80. The maximum absolute atomic E-state index is 12.6. The van der Waals surface area contributed by atoms with Crippen molar-refractivity contribution >= 4 is 5.97 Å². The number of hydrogen-bond acceptors (Lipinski definition) is 2. The molecule has 6 unspecified atom stereocenters. The van der Waals surface area contributed by atoms with Crippen LogP contribution in [0, 0.1) is 34.5 Å². The number of esters is 1. The molecular weight excluding hydrogens is 236 g/mol. The zero-order valence-corrected chi connectivity index (χ0v) is 13.6. The first-order valence-electron chi connectivity index (χ1n) is 7.78. The van der Waals surface area contributed by atoms with E-state index in [1.165, 1.54) is 6.42 Å². The summed E-state index contributed by atoms with van der Waals surface area (Å²) in [5.74, 6) is 2.71. The van der Waals surface area contributed by atoms with Crippen LogP contribution in [0.1, 0.15) is 61.3 Å². The Kier molecular flexibility index (Phi) is 3.52. The quantitative estimate of drug-likeness (QED) is 0.697. The van der Waals surface area contributed by atoms with Crippen LogP contribution < -0.4 is 0 Å². The van der Waals surface area contributed by atoms with E-state index in [9.17, 15) is 4.79 Å². The predicted molar refractivity (Wildman–Crippen MR) is 77.7 cm³/mol. The summed E-state index contributed by atoms with van der Waals surface area (Å²) in [6, 6.07) is 0. The average molecular weight is 266 g/mol. The van der Waals surface area contributed by atoms with E-state index in [0.29, 0.717) is 11.8 Å². The molecule has 0 aromatic rings. The maximum Gasteiger partial charge on any atom is 0.312 e. The number of fused-ring (bicyclic) bond motifs is 2. The van der Waals surface area contributed by atoms with Crippen molar-refractivity contribution in [3.63, 3.8) is 0 Å². The average Bonchev–Trinajstić information content (AvgIpc) is 2.76. The molecule has 0 amide bonds. The third-order valence-electron chi connectivity index (χ3n) is 6.24. The van der Waals surface area contributed by atoms with Gasteiger partial charge in [0, 0.05) is 0 Å². The largest absolute Gasteiger partial charge is 0.462 e. The molecule has 0 heterocycles. The van der Waals surface area contributed by atoms with Crippen LogP contribution in [0.25, 0.3) is 0 Å². The second-order valence-electron chi connectivity index (χ2n) is 8.36. The first-order chi connectivity index (χ1) is 8.57. The van der Waals surface area contributed by atoms with Crippen molar-refractivity contribution in [3.8, 4) is 0 Å². The fraction of sp³-hybridized carbons (Fsp3) is 0.941. The van der Waals surface area contributed by atoms with Gasteiger partial charge < -0.3 is 4.74 Å². The van der Waals surface area contributed by atoms with Gasteiger partial charge in [-0.2, -0.15) is 0 Å². The Morgan fingerprint density at radius 2 is 1.84 bits per heavy atom. The molecule has 110 valence electrons. The van der Waals surface area contributed by atoms with Crippen molar-refractivity contribution in [1.82, 2.24) is 0 Å². The number of ether oxygens (including phenoxy) is 1. The summed E-state index contributed by atoms with van der Waals surface area (Å²) in [4.78, 5) is 12.6. The Bertz CT molecular complexity index is 366.